The number of hydrogen-bond acceptors (Lipinski definition) is 4. The van der Waals surface area contributed by atoms with E-state index in [0.29, 0.717) is 6.04 Å². The molecule has 2 heterocycles. The Morgan fingerprint density at radius 3 is 2.76 bits per heavy atom. The van der Waals surface area contributed by atoms with E-state index in [0.717, 1.165) is 37.0 Å². The van der Waals surface area contributed by atoms with Crippen molar-refractivity contribution in [2.45, 2.75) is 52.7 Å². The lowest BCUT2D eigenvalue weighted by Gasteiger charge is -2.42. The molecule has 1 N–H and O–H groups in total. The lowest BCUT2D eigenvalue weighted by molar-refractivity contribution is 0.0888. The Balaban J connectivity index is 2.06. The van der Waals surface area contributed by atoms with E-state index >= 15 is 0 Å². The first kappa shape index (κ1) is 12.6. The summed E-state index contributed by atoms with van der Waals surface area (Å²) in [5, 5.41) is 3.55. The second-order valence-electron chi connectivity index (χ2n) is 5.77. The Bertz CT molecular complexity index is 378. The average Bonchev–Trinajstić information content (AvgIpc) is 2.52. The van der Waals surface area contributed by atoms with Crippen molar-refractivity contribution >= 4 is 0 Å². The summed E-state index contributed by atoms with van der Waals surface area (Å²) in [6.45, 7) is 13.5. The van der Waals surface area contributed by atoms with E-state index < -0.39 is 0 Å². The van der Waals surface area contributed by atoms with Gasteiger partial charge >= 0.3 is 0 Å². The van der Waals surface area contributed by atoms with Crippen molar-refractivity contribution < 1.29 is 4.42 Å². The number of aromatic nitrogens is 1. The van der Waals surface area contributed by atoms with E-state index in [1.807, 2.05) is 13.8 Å². The molecule has 1 fully saturated rings. The number of nitrogens with one attached hydrogen (secondary N) is 1. The summed E-state index contributed by atoms with van der Waals surface area (Å²) in [6, 6.07) is 0.524. The largest absolute Gasteiger partial charge is 0.444 e. The first-order valence-corrected chi connectivity index (χ1v) is 6.29. The summed E-state index contributed by atoms with van der Waals surface area (Å²) in [4.78, 5) is 6.89. The second kappa shape index (κ2) is 4.42. The van der Waals surface area contributed by atoms with E-state index in [9.17, 15) is 0 Å². The van der Waals surface area contributed by atoms with E-state index in [-0.39, 0.29) is 5.54 Å². The van der Waals surface area contributed by atoms with Crippen LogP contribution >= 0.6 is 0 Å². The average molecular weight is 237 g/mol. The normalized spacial score (nSPS) is 25.1. The van der Waals surface area contributed by atoms with E-state index in [1.54, 1.807) is 0 Å². The van der Waals surface area contributed by atoms with Gasteiger partial charge in [0.2, 0.25) is 5.89 Å². The third kappa shape index (κ3) is 2.87. The highest BCUT2D eigenvalue weighted by atomic mass is 16.4. The first-order chi connectivity index (χ1) is 7.87. The molecule has 4 heteroatoms. The predicted molar refractivity (Wildman–Crippen MR) is 67.9 cm³/mol. The molecule has 1 aliphatic rings. The van der Waals surface area contributed by atoms with Gasteiger partial charge in [-0.05, 0) is 34.6 Å². The van der Waals surface area contributed by atoms with Crippen LogP contribution in [0, 0.1) is 13.8 Å². The molecule has 1 saturated heterocycles. The Hall–Kier alpha value is -0.870. The van der Waals surface area contributed by atoms with Crippen LogP contribution in [0.5, 0.6) is 0 Å². The molecule has 1 unspecified atom stereocenters. The minimum Gasteiger partial charge on any atom is -0.444 e. The van der Waals surface area contributed by atoms with Gasteiger partial charge in [0.25, 0.3) is 0 Å². The topological polar surface area (TPSA) is 41.3 Å². The molecule has 1 aromatic rings. The fraction of sp³-hybridized carbons (Fsp3) is 0.769. The number of oxazole rings is 1. The van der Waals surface area contributed by atoms with Crippen LogP contribution in [0.3, 0.4) is 0 Å². The van der Waals surface area contributed by atoms with Crippen LogP contribution in [0.25, 0.3) is 0 Å². The number of nitrogens with zero attached hydrogens (tertiary/aromatic N) is 2. The molecule has 1 atom stereocenters. The van der Waals surface area contributed by atoms with Crippen molar-refractivity contribution in [3.05, 3.63) is 17.3 Å². The fourth-order valence-electron chi connectivity index (χ4n) is 2.26. The molecule has 0 bridgehead atoms. The van der Waals surface area contributed by atoms with Crippen molar-refractivity contribution in [2.24, 2.45) is 0 Å². The molecule has 1 aromatic heterocycles. The summed E-state index contributed by atoms with van der Waals surface area (Å²) in [6.07, 6.45) is 0. The molecular formula is C13H23N3O. The summed E-state index contributed by atoms with van der Waals surface area (Å²) in [5.74, 6) is 1.77. The molecule has 0 spiro atoms. The highest BCUT2D eigenvalue weighted by Gasteiger charge is 2.30. The Morgan fingerprint density at radius 2 is 2.18 bits per heavy atom. The lowest BCUT2D eigenvalue weighted by Crippen LogP contribution is -2.60. The van der Waals surface area contributed by atoms with Gasteiger partial charge < -0.3 is 9.73 Å². The molecule has 0 radical (unpaired) electrons. The molecule has 2 rings (SSSR count). The maximum Gasteiger partial charge on any atom is 0.208 e. The van der Waals surface area contributed by atoms with Gasteiger partial charge in [0.05, 0.1) is 12.2 Å². The molecule has 0 amide bonds. The van der Waals surface area contributed by atoms with Crippen LogP contribution in [-0.2, 0) is 6.54 Å². The molecular weight excluding hydrogens is 214 g/mol. The Morgan fingerprint density at radius 1 is 1.47 bits per heavy atom. The number of piperazine rings is 1. The minimum atomic E-state index is 0.170. The van der Waals surface area contributed by atoms with Crippen molar-refractivity contribution in [1.29, 1.82) is 0 Å². The third-order valence-corrected chi connectivity index (χ3v) is 3.51. The van der Waals surface area contributed by atoms with Gasteiger partial charge in [0.1, 0.15) is 5.76 Å². The van der Waals surface area contributed by atoms with Crippen LogP contribution in [0.1, 0.15) is 38.1 Å². The summed E-state index contributed by atoms with van der Waals surface area (Å²) in [7, 11) is 0. The number of rotatable bonds is 2. The maximum absolute atomic E-state index is 5.66. The van der Waals surface area contributed by atoms with Crippen LogP contribution in [-0.4, -0.2) is 34.6 Å². The summed E-state index contributed by atoms with van der Waals surface area (Å²) < 4.78 is 5.66. The van der Waals surface area contributed by atoms with Crippen LogP contribution in [0.4, 0.5) is 0 Å². The SMILES string of the molecule is Cc1nc(CN2CC(C)(C)NCC2C)oc1C. The van der Waals surface area contributed by atoms with Gasteiger partial charge in [-0.15, -0.1) is 0 Å². The number of hydrogen-bond donors (Lipinski definition) is 1. The van der Waals surface area contributed by atoms with Crippen LogP contribution in [0.15, 0.2) is 4.42 Å². The van der Waals surface area contributed by atoms with Gasteiger partial charge in [0.15, 0.2) is 0 Å². The quantitative estimate of drug-likeness (QED) is 0.852. The van der Waals surface area contributed by atoms with Gasteiger partial charge in [-0.2, -0.15) is 0 Å². The summed E-state index contributed by atoms with van der Waals surface area (Å²) >= 11 is 0. The van der Waals surface area contributed by atoms with Gasteiger partial charge in [0, 0.05) is 24.7 Å². The van der Waals surface area contributed by atoms with E-state index in [1.165, 1.54) is 0 Å². The number of aryl methyl sites for hydroxylation is 2. The highest BCUT2D eigenvalue weighted by molar-refractivity contribution is 5.05. The smallest absolute Gasteiger partial charge is 0.208 e. The van der Waals surface area contributed by atoms with Crippen molar-refractivity contribution in [3.63, 3.8) is 0 Å². The van der Waals surface area contributed by atoms with E-state index in [2.05, 4.69) is 36.0 Å². The molecule has 4 nitrogen and oxygen atoms in total. The maximum atomic E-state index is 5.66. The molecule has 0 saturated carbocycles. The standard InChI is InChI=1S/C13H23N3O/c1-9-6-14-13(4,5)8-16(9)7-12-15-10(2)11(3)17-12/h9,14H,6-8H2,1-5H3. The molecule has 1 aliphatic heterocycles. The molecule has 0 aliphatic carbocycles. The monoisotopic (exact) mass is 237 g/mol. The van der Waals surface area contributed by atoms with Crippen molar-refractivity contribution in [2.75, 3.05) is 13.1 Å². The van der Waals surface area contributed by atoms with Gasteiger partial charge in [-0.1, -0.05) is 0 Å². The van der Waals surface area contributed by atoms with Crippen molar-refractivity contribution in [1.82, 2.24) is 15.2 Å². The zero-order valence-corrected chi connectivity index (χ0v) is 11.5. The second-order valence-corrected chi connectivity index (χ2v) is 5.77. The molecule has 17 heavy (non-hydrogen) atoms. The lowest BCUT2D eigenvalue weighted by atomic mass is 9.99. The highest BCUT2D eigenvalue weighted by Crippen LogP contribution is 2.18. The summed E-state index contributed by atoms with van der Waals surface area (Å²) in [5.41, 5.74) is 1.17. The van der Waals surface area contributed by atoms with Crippen LogP contribution in [0.2, 0.25) is 0 Å². The Kier molecular flexibility index (Phi) is 3.27. The van der Waals surface area contributed by atoms with E-state index in [4.69, 9.17) is 4.42 Å². The van der Waals surface area contributed by atoms with Crippen molar-refractivity contribution in [3.8, 4) is 0 Å². The van der Waals surface area contributed by atoms with Crippen LogP contribution < -0.4 is 5.32 Å². The molecule has 96 valence electrons. The third-order valence-electron chi connectivity index (χ3n) is 3.51. The van der Waals surface area contributed by atoms with Gasteiger partial charge in [-0.25, -0.2) is 4.98 Å². The zero-order valence-electron chi connectivity index (χ0n) is 11.5. The molecule has 0 aromatic carbocycles. The first-order valence-electron chi connectivity index (χ1n) is 6.29. The predicted octanol–water partition coefficient (Wildman–Crippen LogP) is 1.86. The van der Waals surface area contributed by atoms with Gasteiger partial charge in [-0.3, -0.25) is 4.90 Å². The Labute approximate surface area is 103 Å². The minimum absolute atomic E-state index is 0.170. The zero-order chi connectivity index (χ0) is 12.6. The fourth-order valence-corrected chi connectivity index (χ4v) is 2.26.